The third-order valence-corrected chi connectivity index (χ3v) is 3.45. The van der Waals surface area contributed by atoms with E-state index in [2.05, 4.69) is 12.3 Å². The number of nitrogens with zero attached hydrogens (tertiary/aromatic N) is 1. The zero-order valence-corrected chi connectivity index (χ0v) is 13.1. The van der Waals surface area contributed by atoms with Gasteiger partial charge in [0.05, 0.1) is 11.3 Å². The van der Waals surface area contributed by atoms with E-state index in [1.54, 1.807) is 0 Å². The Balaban J connectivity index is 2.94. The summed E-state index contributed by atoms with van der Waals surface area (Å²) in [6.07, 6.45) is 3.34. The number of nitrogens with one attached hydrogen (secondary N) is 1. The lowest BCUT2D eigenvalue weighted by Gasteiger charge is -2.27. The molecule has 1 aromatic carbocycles. The van der Waals surface area contributed by atoms with Gasteiger partial charge in [-0.3, -0.25) is 10.6 Å². The number of carbonyl (C=O) groups is 1. The Morgan fingerprint density at radius 1 is 1.35 bits per heavy atom. The summed E-state index contributed by atoms with van der Waals surface area (Å²) in [5.74, 6) is 5.58. The van der Waals surface area contributed by atoms with E-state index in [0.717, 1.165) is 31.4 Å². The maximum absolute atomic E-state index is 12.7. The zero-order valence-electron chi connectivity index (χ0n) is 13.1. The molecule has 0 saturated carbocycles. The minimum Gasteiger partial charge on any atom is -0.336 e. The van der Waals surface area contributed by atoms with Gasteiger partial charge in [0.1, 0.15) is 0 Å². The van der Waals surface area contributed by atoms with E-state index in [4.69, 9.17) is 5.84 Å². The SMILES string of the molecule is CCCCCN(C(=O)c1ccc(C)cc1NN)C(C)C. The molecule has 0 fully saturated rings. The minimum absolute atomic E-state index is 0.0454. The average Bonchev–Trinajstić information content (AvgIpc) is 2.42. The van der Waals surface area contributed by atoms with Crippen LogP contribution in [0, 0.1) is 6.92 Å². The monoisotopic (exact) mass is 277 g/mol. The van der Waals surface area contributed by atoms with Crippen molar-refractivity contribution in [2.45, 2.75) is 53.0 Å². The van der Waals surface area contributed by atoms with Gasteiger partial charge in [0.15, 0.2) is 0 Å². The van der Waals surface area contributed by atoms with E-state index in [0.29, 0.717) is 11.3 Å². The minimum atomic E-state index is 0.0454. The van der Waals surface area contributed by atoms with Gasteiger partial charge in [-0.1, -0.05) is 25.8 Å². The number of benzene rings is 1. The second-order valence-corrected chi connectivity index (χ2v) is 5.49. The number of aryl methyl sites for hydroxylation is 1. The van der Waals surface area contributed by atoms with Crippen LogP contribution in [0.5, 0.6) is 0 Å². The van der Waals surface area contributed by atoms with Crippen molar-refractivity contribution in [2.24, 2.45) is 5.84 Å². The van der Waals surface area contributed by atoms with E-state index in [1.165, 1.54) is 0 Å². The predicted molar refractivity (Wildman–Crippen MR) is 84.7 cm³/mol. The number of anilines is 1. The fourth-order valence-corrected chi connectivity index (χ4v) is 2.25. The van der Waals surface area contributed by atoms with Crippen LogP contribution in [0.4, 0.5) is 5.69 Å². The molecule has 0 atom stereocenters. The smallest absolute Gasteiger partial charge is 0.256 e. The van der Waals surface area contributed by atoms with E-state index >= 15 is 0 Å². The van der Waals surface area contributed by atoms with Crippen molar-refractivity contribution >= 4 is 11.6 Å². The third-order valence-electron chi connectivity index (χ3n) is 3.45. The molecule has 4 nitrogen and oxygen atoms in total. The lowest BCUT2D eigenvalue weighted by Crippen LogP contribution is -2.38. The second-order valence-electron chi connectivity index (χ2n) is 5.49. The third kappa shape index (κ3) is 4.23. The summed E-state index contributed by atoms with van der Waals surface area (Å²) in [7, 11) is 0. The van der Waals surface area contributed by atoms with Gasteiger partial charge < -0.3 is 10.3 Å². The highest BCUT2D eigenvalue weighted by Crippen LogP contribution is 2.20. The first-order valence-electron chi connectivity index (χ1n) is 7.39. The van der Waals surface area contributed by atoms with Gasteiger partial charge in [0.25, 0.3) is 5.91 Å². The molecule has 4 heteroatoms. The van der Waals surface area contributed by atoms with Gasteiger partial charge in [-0.25, -0.2) is 0 Å². The lowest BCUT2D eigenvalue weighted by molar-refractivity contribution is 0.0703. The molecule has 112 valence electrons. The van der Waals surface area contributed by atoms with Crippen LogP contribution in [-0.4, -0.2) is 23.4 Å². The number of nitrogen functional groups attached to an aromatic ring is 1. The molecule has 1 rings (SSSR count). The van der Waals surface area contributed by atoms with Crippen molar-refractivity contribution in [1.29, 1.82) is 0 Å². The number of rotatable bonds is 7. The number of nitrogens with two attached hydrogens (primary N) is 1. The van der Waals surface area contributed by atoms with Gasteiger partial charge in [-0.2, -0.15) is 0 Å². The van der Waals surface area contributed by atoms with Crippen LogP contribution >= 0.6 is 0 Å². The Hall–Kier alpha value is -1.55. The van der Waals surface area contributed by atoms with Gasteiger partial charge in [0, 0.05) is 12.6 Å². The average molecular weight is 277 g/mol. The van der Waals surface area contributed by atoms with Crippen LogP contribution in [0.2, 0.25) is 0 Å². The molecule has 0 radical (unpaired) electrons. The molecule has 0 heterocycles. The summed E-state index contributed by atoms with van der Waals surface area (Å²) in [5, 5.41) is 0. The summed E-state index contributed by atoms with van der Waals surface area (Å²) in [5.41, 5.74) is 5.04. The molecule has 0 aromatic heterocycles. The molecule has 0 aliphatic rings. The molecule has 0 spiro atoms. The molecule has 1 aromatic rings. The predicted octanol–water partition coefficient (Wildman–Crippen LogP) is 3.32. The fraction of sp³-hybridized carbons (Fsp3) is 0.562. The van der Waals surface area contributed by atoms with Crippen LogP contribution in [0.15, 0.2) is 18.2 Å². The van der Waals surface area contributed by atoms with Crippen molar-refractivity contribution in [2.75, 3.05) is 12.0 Å². The number of unbranched alkanes of at least 4 members (excludes halogenated alkanes) is 2. The number of carbonyl (C=O) groups excluding carboxylic acids is 1. The molecular weight excluding hydrogens is 250 g/mol. The normalized spacial score (nSPS) is 10.7. The first-order valence-corrected chi connectivity index (χ1v) is 7.39. The van der Waals surface area contributed by atoms with Crippen LogP contribution < -0.4 is 11.3 Å². The van der Waals surface area contributed by atoms with Crippen LogP contribution in [-0.2, 0) is 0 Å². The highest BCUT2D eigenvalue weighted by molar-refractivity contribution is 5.99. The topological polar surface area (TPSA) is 58.4 Å². The first-order chi connectivity index (χ1) is 9.51. The van der Waals surface area contributed by atoms with Crippen molar-refractivity contribution in [1.82, 2.24) is 4.90 Å². The molecule has 20 heavy (non-hydrogen) atoms. The quantitative estimate of drug-likeness (QED) is 0.456. The number of hydrazine groups is 1. The molecule has 0 aliphatic carbocycles. The Kier molecular flexibility index (Phi) is 6.52. The zero-order chi connectivity index (χ0) is 15.1. The highest BCUT2D eigenvalue weighted by atomic mass is 16.2. The largest absolute Gasteiger partial charge is 0.336 e. The maximum Gasteiger partial charge on any atom is 0.256 e. The van der Waals surface area contributed by atoms with E-state index in [1.807, 2.05) is 43.9 Å². The lowest BCUT2D eigenvalue weighted by atomic mass is 10.1. The second kappa shape index (κ2) is 7.90. The summed E-state index contributed by atoms with van der Waals surface area (Å²) >= 11 is 0. The number of hydrogen-bond acceptors (Lipinski definition) is 3. The van der Waals surface area contributed by atoms with E-state index in [9.17, 15) is 4.79 Å². The molecule has 0 saturated heterocycles. The fourth-order valence-electron chi connectivity index (χ4n) is 2.25. The van der Waals surface area contributed by atoms with Crippen molar-refractivity contribution in [3.8, 4) is 0 Å². The number of amides is 1. The van der Waals surface area contributed by atoms with Gasteiger partial charge in [-0.15, -0.1) is 0 Å². The number of hydrogen-bond donors (Lipinski definition) is 2. The molecule has 1 amide bonds. The molecule has 0 bridgehead atoms. The summed E-state index contributed by atoms with van der Waals surface area (Å²) in [4.78, 5) is 14.6. The van der Waals surface area contributed by atoms with Crippen LogP contribution in [0.3, 0.4) is 0 Å². The Morgan fingerprint density at radius 3 is 2.60 bits per heavy atom. The van der Waals surface area contributed by atoms with Gasteiger partial charge in [-0.05, 0) is 44.9 Å². The van der Waals surface area contributed by atoms with Crippen molar-refractivity contribution in [3.05, 3.63) is 29.3 Å². The van der Waals surface area contributed by atoms with Crippen LogP contribution in [0.1, 0.15) is 56.0 Å². The molecule has 0 aliphatic heterocycles. The van der Waals surface area contributed by atoms with Gasteiger partial charge >= 0.3 is 0 Å². The Labute approximate surface area is 122 Å². The summed E-state index contributed by atoms with van der Waals surface area (Å²) < 4.78 is 0. The van der Waals surface area contributed by atoms with Gasteiger partial charge in [0.2, 0.25) is 0 Å². The molecular formula is C16H27N3O. The first kappa shape index (κ1) is 16.5. The summed E-state index contributed by atoms with van der Waals surface area (Å²) in [6.45, 7) is 9.04. The summed E-state index contributed by atoms with van der Waals surface area (Å²) in [6, 6.07) is 5.88. The Bertz CT molecular complexity index is 443. The molecule has 3 N–H and O–H groups in total. The van der Waals surface area contributed by atoms with Crippen LogP contribution in [0.25, 0.3) is 0 Å². The standard InChI is InChI=1S/C16H27N3O/c1-5-6-7-10-19(12(2)3)16(20)14-9-8-13(4)11-15(14)18-17/h8-9,11-12,18H,5-7,10,17H2,1-4H3. The Morgan fingerprint density at radius 2 is 2.05 bits per heavy atom. The highest BCUT2D eigenvalue weighted by Gasteiger charge is 2.20. The maximum atomic E-state index is 12.7. The van der Waals surface area contributed by atoms with E-state index in [-0.39, 0.29) is 11.9 Å². The van der Waals surface area contributed by atoms with E-state index < -0.39 is 0 Å². The van der Waals surface area contributed by atoms with Crippen molar-refractivity contribution < 1.29 is 4.79 Å². The van der Waals surface area contributed by atoms with Crippen molar-refractivity contribution in [3.63, 3.8) is 0 Å². The molecule has 0 unspecified atom stereocenters.